The van der Waals surface area contributed by atoms with Gasteiger partial charge in [0, 0.05) is 64.1 Å². The van der Waals surface area contributed by atoms with E-state index in [1.165, 1.54) is 0 Å². The molecule has 0 aromatic rings. The fraction of sp³-hybridized carbons (Fsp3) is 0.902. The summed E-state index contributed by atoms with van der Waals surface area (Å²) >= 11 is 0. The molecule has 15 atom stereocenters. The minimum Gasteiger partial charge on any atom is -0.450 e. The largest absolute Gasteiger partial charge is 0.450 e. The molecule has 0 aliphatic carbocycles. The molecule has 0 spiro atoms. The summed E-state index contributed by atoms with van der Waals surface area (Å²) in [5, 5.41) is 105. The fourth-order valence-electron chi connectivity index (χ4n) is 10.7. The van der Waals surface area contributed by atoms with Crippen molar-refractivity contribution in [1.82, 2.24) is 31.9 Å². The Kier molecular flexibility index (Phi) is 44.5. The molecule has 23 N–H and O–H groups in total. The number of rotatable bonds is 51. The Labute approximate surface area is 556 Å². The van der Waals surface area contributed by atoms with Crippen LogP contribution in [0.1, 0.15) is 154 Å². The van der Waals surface area contributed by atoms with E-state index in [0.717, 1.165) is 57.8 Å². The summed E-state index contributed by atoms with van der Waals surface area (Å²) in [4.78, 5) is 74.4. The van der Waals surface area contributed by atoms with Gasteiger partial charge in [0.2, 0.25) is 17.7 Å². The van der Waals surface area contributed by atoms with Crippen molar-refractivity contribution in [1.29, 1.82) is 0 Å². The van der Waals surface area contributed by atoms with E-state index in [0.29, 0.717) is 116 Å². The van der Waals surface area contributed by atoms with Crippen LogP contribution < -0.4 is 54.8 Å². The third-order valence-corrected chi connectivity index (χ3v) is 16.5. The minimum atomic E-state index is -1.34. The molecule has 34 heteroatoms. The Balaban J connectivity index is 1.26. The van der Waals surface area contributed by atoms with Crippen LogP contribution in [0.3, 0.4) is 0 Å². The van der Waals surface area contributed by atoms with Gasteiger partial charge in [0.05, 0.1) is 77.6 Å². The maximum atomic E-state index is 12.5. The molecular weight excluding hydrogens is 1260 g/mol. The van der Waals surface area contributed by atoms with Crippen LogP contribution >= 0.6 is 0 Å². The third-order valence-electron chi connectivity index (χ3n) is 16.5. The van der Waals surface area contributed by atoms with Gasteiger partial charge in [0.15, 0.2) is 18.9 Å². The van der Waals surface area contributed by atoms with Gasteiger partial charge in [-0.15, -0.1) is 0 Å². The molecule has 34 nitrogen and oxygen atoms in total. The normalized spacial score (nSPS) is 26.6. The number of aliphatic hydroxyl groups excluding tert-OH is 9. The van der Waals surface area contributed by atoms with Crippen LogP contribution in [0.5, 0.6) is 0 Å². The van der Waals surface area contributed by atoms with Crippen molar-refractivity contribution in [2.45, 2.75) is 252 Å². The number of hydrogen-bond acceptors (Lipinski definition) is 28. The molecule has 3 aliphatic rings. The molecular formula is C61H116N10O24. The number of ether oxygens (including phenoxy) is 9. The van der Waals surface area contributed by atoms with E-state index in [-0.39, 0.29) is 76.6 Å². The molecule has 0 radical (unpaired) electrons. The zero-order chi connectivity index (χ0) is 69.8. The minimum absolute atomic E-state index is 0.105. The number of unbranched alkanes of at least 4 members (excludes halogenated alkanes) is 9. The van der Waals surface area contributed by atoms with Gasteiger partial charge in [0.25, 0.3) is 0 Å². The van der Waals surface area contributed by atoms with Crippen LogP contribution in [-0.4, -0.2) is 278 Å². The van der Waals surface area contributed by atoms with Crippen molar-refractivity contribution in [3.8, 4) is 0 Å². The monoisotopic (exact) mass is 1370 g/mol. The van der Waals surface area contributed by atoms with E-state index in [9.17, 15) is 74.7 Å². The van der Waals surface area contributed by atoms with Gasteiger partial charge >= 0.3 is 18.3 Å². The van der Waals surface area contributed by atoms with Crippen molar-refractivity contribution < 1.29 is 117 Å². The van der Waals surface area contributed by atoms with E-state index in [1.807, 2.05) is 0 Å². The van der Waals surface area contributed by atoms with Crippen molar-refractivity contribution in [3.63, 3.8) is 0 Å². The fourth-order valence-corrected chi connectivity index (χ4v) is 10.7. The summed E-state index contributed by atoms with van der Waals surface area (Å²) < 4.78 is 49.2. The summed E-state index contributed by atoms with van der Waals surface area (Å²) in [7, 11) is 0. The maximum absolute atomic E-state index is 12.5. The first-order valence-corrected chi connectivity index (χ1v) is 33.9. The number of carbonyl (C=O) groups is 6. The quantitative estimate of drug-likeness (QED) is 0.0212. The highest BCUT2D eigenvalue weighted by atomic mass is 16.7. The number of nitrogens with two attached hydrogens (primary N) is 4. The molecule has 554 valence electrons. The molecule has 0 saturated carbocycles. The standard InChI is InChI=1S/C61H116N10O24/c62-46-52(81)49(78)40(37-72)93-55(46)87-31-13-19-43(75)66-25-7-1-4-10-28-69-58(84)90-34-16-22-61(65,23-17-35-91-59(85)70-29-11-5-2-8-26-67-44(76)20-14-32-88-56-47(63)53(82)50(79)41(38-73)94-56)24-18-36-92-60(86)71-30-12-6-3-9-27-68-45(77)21-15-33-89-57-48(64)54(83)51(80)42(39-74)95-57/h40-42,46-57,72-74,78-83H,1-39,62-65H2,(H,66,75)(H,67,76)(H,68,77)(H,69,84)(H,70,85)(H,71,86). The lowest BCUT2D eigenvalue weighted by molar-refractivity contribution is -0.265. The Morgan fingerprint density at radius 1 is 0.337 bits per heavy atom. The highest BCUT2D eigenvalue weighted by Crippen LogP contribution is 2.25. The van der Waals surface area contributed by atoms with Gasteiger partial charge in [0.1, 0.15) is 54.9 Å². The van der Waals surface area contributed by atoms with Gasteiger partial charge in [-0.2, -0.15) is 0 Å². The lowest BCUT2D eigenvalue weighted by Gasteiger charge is -2.40. The summed E-state index contributed by atoms with van der Waals surface area (Å²) in [6, 6.07) is -3.03. The van der Waals surface area contributed by atoms with Crippen LogP contribution in [0.25, 0.3) is 0 Å². The van der Waals surface area contributed by atoms with E-state index in [2.05, 4.69) is 31.9 Å². The van der Waals surface area contributed by atoms with Crippen molar-refractivity contribution in [3.05, 3.63) is 0 Å². The van der Waals surface area contributed by atoms with Crippen molar-refractivity contribution in [2.24, 2.45) is 22.9 Å². The van der Waals surface area contributed by atoms with E-state index in [1.54, 1.807) is 0 Å². The Hall–Kier alpha value is -4.54. The number of nitrogens with one attached hydrogen (secondary N) is 6. The summed E-state index contributed by atoms with van der Waals surface area (Å²) in [6.45, 7) is 1.77. The van der Waals surface area contributed by atoms with Crippen LogP contribution in [0.4, 0.5) is 14.4 Å². The molecule has 6 amide bonds. The van der Waals surface area contributed by atoms with Crippen LogP contribution in [0.15, 0.2) is 0 Å². The average molecular weight is 1370 g/mol. The second-order valence-electron chi connectivity index (χ2n) is 24.4. The third kappa shape index (κ3) is 35.2. The predicted octanol–water partition coefficient (Wildman–Crippen LogP) is -3.08. The second-order valence-corrected chi connectivity index (χ2v) is 24.4. The van der Waals surface area contributed by atoms with Crippen molar-refractivity contribution in [2.75, 3.05) is 98.7 Å². The Bertz CT molecular complexity index is 1880. The highest BCUT2D eigenvalue weighted by molar-refractivity contribution is 5.76. The van der Waals surface area contributed by atoms with Gasteiger partial charge in [-0.3, -0.25) is 14.4 Å². The molecule has 0 aromatic carbocycles. The van der Waals surface area contributed by atoms with Gasteiger partial charge in [-0.1, -0.05) is 38.5 Å². The van der Waals surface area contributed by atoms with E-state index < -0.39 is 136 Å². The van der Waals surface area contributed by atoms with Gasteiger partial charge < -0.3 is 143 Å². The number of aliphatic hydroxyl groups is 9. The first-order chi connectivity index (χ1) is 45.6. The second kappa shape index (κ2) is 49.9. The first-order valence-electron chi connectivity index (χ1n) is 33.9. The molecule has 95 heavy (non-hydrogen) atoms. The summed E-state index contributed by atoms with van der Waals surface area (Å²) in [6.07, 6.45) is -2.26. The molecule has 15 unspecified atom stereocenters. The lowest BCUT2D eigenvalue weighted by atomic mass is 9.85. The predicted molar refractivity (Wildman–Crippen MR) is 340 cm³/mol. The van der Waals surface area contributed by atoms with Crippen LogP contribution in [0, 0.1) is 0 Å². The summed E-state index contributed by atoms with van der Waals surface area (Å²) in [5.41, 5.74) is 23.8. The smallest absolute Gasteiger partial charge is 0.407 e. The van der Waals surface area contributed by atoms with Gasteiger partial charge in [-0.25, -0.2) is 14.4 Å². The molecule has 3 saturated heterocycles. The number of alkyl carbamates (subject to hydrolysis) is 3. The van der Waals surface area contributed by atoms with E-state index >= 15 is 0 Å². The maximum Gasteiger partial charge on any atom is 0.407 e. The molecule has 3 heterocycles. The zero-order valence-corrected chi connectivity index (χ0v) is 55.2. The SMILES string of the molecule is NC1C(OCCCC(=O)NCCCCCCNC(=O)OCCCC(N)(CCCOC(=O)NCCCCCCNC(=O)CCCOC2OC(CO)C(O)C(O)C2N)CCCOC(=O)NCCCCCCNC(=O)CCCOC2OC(CO)C(O)C(O)C2N)OC(CO)C(O)C1O. The molecule has 3 aliphatic heterocycles. The lowest BCUT2D eigenvalue weighted by Crippen LogP contribution is -2.62. The molecule has 3 fully saturated rings. The van der Waals surface area contributed by atoms with Gasteiger partial charge in [-0.05, 0) is 96.3 Å². The Morgan fingerprint density at radius 2 is 0.579 bits per heavy atom. The van der Waals surface area contributed by atoms with E-state index in [4.69, 9.17) is 65.6 Å². The molecule has 0 aromatic heterocycles. The number of carbonyl (C=O) groups excluding carboxylic acids is 6. The molecule has 0 bridgehead atoms. The van der Waals surface area contributed by atoms with Crippen molar-refractivity contribution >= 4 is 36.0 Å². The summed E-state index contributed by atoms with van der Waals surface area (Å²) in [5.74, 6) is -0.469. The highest BCUT2D eigenvalue weighted by Gasteiger charge is 2.45. The average Bonchev–Trinajstić information content (AvgIpc) is 0.851. The topological polar surface area (TPSA) is 544 Å². The first kappa shape index (κ1) is 84.7. The Morgan fingerprint density at radius 3 is 0.821 bits per heavy atom. The van der Waals surface area contributed by atoms with Crippen LogP contribution in [-0.2, 0) is 57.0 Å². The number of amides is 6. The molecule has 3 rings (SSSR count). The van der Waals surface area contributed by atoms with Crippen LogP contribution in [0.2, 0.25) is 0 Å². The number of hydrogen-bond donors (Lipinski definition) is 19. The zero-order valence-electron chi connectivity index (χ0n) is 55.2.